The van der Waals surface area contributed by atoms with Gasteiger partial charge in [0, 0.05) is 39.7 Å². The SMILES string of the molecule is O=C(CCC(=O)Nc1ccccc1)NN=Cc1ccccc1OCc1ccc(Cl)cc1Cl. The molecule has 0 unspecified atom stereocenters. The van der Waals surface area contributed by atoms with Crippen LogP contribution in [0.5, 0.6) is 5.75 Å². The summed E-state index contributed by atoms with van der Waals surface area (Å²) in [5, 5.41) is 7.77. The maximum atomic E-state index is 12.0. The molecule has 3 aromatic rings. The van der Waals surface area contributed by atoms with Gasteiger partial charge in [0.05, 0.1) is 6.21 Å². The number of halogens is 2. The minimum absolute atomic E-state index is 0.0171. The van der Waals surface area contributed by atoms with Gasteiger partial charge in [0.1, 0.15) is 12.4 Å². The first-order valence-corrected chi connectivity index (χ1v) is 10.6. The summed E-state index contributed by atoms with van der Waals surface area (Å²) >= 11 is 12.1. The fraction of sp³-hybridized carbons (Fsp3) is 0.125. The number of amides is 2. The highest BCUT2D eigenvalue weighted by Gasteiger charge is 2.08. The highest BCUT2D eigenvalue weighted by Crippen LogP contribution is 2.23. The van der Waals surface area contributed by atoms with Crippen LogP contribution in [0.15, 0.2) is 77.9 Å². The lowest BCUT2D eigenvalue weighted by molar-refractivity contribution is -0.124. The molecule has 2 N–H and O–H groups in total. The molecule has 8 heteroatoms. The van der Waals surface area contributed by atoms with Crippen molar-refractivity contribution in [3.8, 4) is 5.75 Å². The molecule has 164 valence electrons. The van der Waals surface area contributed by atoms with Crippen LogP contribution >= 0.6 is 23.2 Å². The Morgan fingerprint density at radius 1 is 0.906 bits per heavy atom. The zero-order chi connectivity index (χ0) is 22.8. The van der Waals surface area contributed by atoms with Gasteiger partial charge < -0.3 is 10.1 Å². The number of rotatable bonds is 9. The summed E-state index contributed by atoms with van der Waals surface area (Å²) in [6.45, 7) is 0.254. The lowest BCUT2D eigenvalue weighted by Crippen LogP contribution is -2.20. The van der Waals surface area contributed by atoms with Gasteiger partial charge in [0.25, 0.3) is 0 Å². The summed E-state index contributed by atoms with van der Waals surface area (Å²) in [4.78, 5) is 23.9. The quantitative estimate of drug-likeness (QED) is 0.323. The van der Waals surface area contributed by atoms with Gasteiger partial charge in [-0.1, -0.05) is 59.6 Å². The van der Waals surface area contributed by atoms with E-state index in [1.807, 2.05) is 36.4 Å². The monoisotopic (exact) mass is 469 g/mol. The number of para-hydroxylation sites is 2. The average molecular weight is 470 g/mol. The summed E-state index contributed by atoms with van der Waals surface area (Å²) in [7, 11) is 0. The summed E-state index contributed by atoms with van der Waals surface area (Å²) in [6.07, 6.45) is 1.56. The predicted molar refractivity (Wildman–Crippen MR) is 127 cm³/mol. The van der Waals surface area contributed by atoms with Crippen LogP contribution in [0.3, 0.4) is 0 Å². The second-order valence-electron chi connectivity index (χ2n) is 6.77. The van der Waals surface area contributed by atoms with Gasteiger partial charge in [-0.15, -0.1) is 0 Å². The van der Waals surface area contributed by atoms with Crippen LogP contribution < -0.4 is 15.5 Å². The average Bonchev–Trinajstić information content (AvgIpc) is 2.78. The number of hydrogen-bond acceptors (Lipinski definition) is 4. The first kappa shape index (κ1) is 23.3. The molecule has 0 aliphatic carbocycles. The molecule has 0 spiro atoms. The van der Waals surface area contributed by atoms with Crippen molar-refractivity contribution in [3.05, 3.63) is 94.0 Å². The van der Waals surface area contributed by atoms with E-state index in [4.69, 9.17) is 27.9 Å². The third-order valence-electron chi connectivity index (χ3n) is 4.35. The highest BCUT2D eigenvalue weighted by atomic mass is 35.5. The molecule has 0 aromatic heterocycles. The van der Waals surface area contributed by atoms with Gasteiger partial charge in [-0.3, -0.25) is 9.59 Å². The molecule has 0 atom stereocenters. The number of anilines is 1. The van der Waals surface area contributed by atoms with E-state index in [2.05, 4.69) is 15.8 Å². The van der Waals surface area contributed by atoms with Crippen LogP contribution in [-0.2, 0) is 16.2 Å². The molecule has 3 rings (SSSR count). The van der Waals surface area contributed by atoms with Gasteiger partial charge in [-0.25, -0.2) is 5.43 Å². The third kappa shape index (κ3) is 7.41. The molecule has 0 radical (unpaired) electrons. The predicted octanol–water partition coefficient (Wildman–Crippen LogP) is 5.44. The Bertz CT molecular complexity index is 1100. The van der Waals surface area contributed by atoms with E-state index in [0.29, 0.717) is 27.0 Å². The van der Waals surface area contributed by atoms with Crippen LogP contribution in [0.4, 0.5) is 5.69 Å². The van der Waals surface area contributed by atoms with E-state index in [9.17, 15) is 9.59 Å². The lowest BCUT2D eigenvalue weighted by atomic mass is 10.2. The van der Waals surface area contributed by atoms with Gasteiger partial charge >= 0.3 is 0 Å². The van der Waals surface area contributed by atoms with Crippen LogP contribution in [0.2, 0.25) is 10.0 Å². The van der Waals surface area contributed by atoms with Gasteiger partial charge in [0.2, 0.25) is 11.8 Å². The molecule has 2 amide bonds. The van der Waals surface area contributed by atoms with Crippen molar-refractivity contribution in [2.24, 2.45) is 5.10 Å². The van der Waals surface area contributed by atoms with E-state index >= 15 is 0 Å². The highest BCUT2D eigenvalue weighted by molar-refractivity contribution is 6.35. The van der Waals surface area contributed by atoms with Crippen LogP contribution in [0.1, 0.15) is 24.0 Å². The second-order valence-corrected chi connectivity index (χ2v) is 7.61. The van der Waals surface area contributed by atoms with E-state index in [1.54, 1.807) is 36.4 Å². The first-order chi connectivity index (χ1) is 15.5. The standard InChI is InChI=1S/C24H21Cl2N3O3/c25-19-11-10-18(21(26)14-19)16-32-22-9-5-4-6-17(22)15-27-29-24(31)13-12-23(30)28-20-7-2-1-3-8-20/h1-11,14-15H,12-13,16H2,(H,28,30)(H,29,31). The lowest BCUT2D eigenvalue weighted by Gasteiger charge is -2.10. The Balaban J connectivity index is 1.48. The van der Waals surface area contributed by atoms with Crippen molar-refractivity contribution in [1.82, 2.24) is 5.43 Å². The van der Waals surface area contributed by atoms with E-state index in [0.717, 1.165) is 5.56 Å². The minimum atomic E-state index is -0.365. The zero-order valence-corrected chi connectivity index (χ0v) is 18.6. The molecular weight excluding hydrogens is 449 g/mol. The number of hydrogen-bond donors (Lipinski definition) is 2. The number of hydrazone groups is 1. The van der Waals surface area contributed by atoms with Gasteiger partial charge in [-0.05, 0) is 36.4 Å². The molecule has 0 aliphatic heterocycles. The number of carbonyl (C=O) groups excluding carboxylic acids is 2. The number of carbonyl (C=O) groups is 2. The van der Waals surface area contributed by atoms with Gasteiger partial charge in [0.15, 0.2) is 0 Å². The maximum Gasteiger partial charge on any atom is 0.240 e. The Morgan fingerprint density at radius 2 is 1.62 bits per heavy atom. The molecule has 3 aromatic carbocycles. The molecule has 0 fully saturated rings. The second kappa shape index (κ2) is 11.9. The van der Waals surface area contributed by atoms with Gasteiger partial charge in [-0.2, -0.15) is 5.10 Å². The number of nitrogens with one attached hydrogen (secondary N) is 2. The first-order valence-electron chi connectivity index (χ1n) is 9.84. The molecule has 0 saturated heterocycles. The molecule has 6 nitrogen and oxygen atoms in total. The Hall–Kier alpha value is -3.35. The number of ether oxygens (including phenoxy) is 1. The smallest absolute Gasteiger partial charge is 0.240 e. The number of nitrogens with zero attached hydrogens (tertiary/aromatic N) is 1. The Kier molecular flexibility index (Phi) is 8.66. The van der Waals surface area contributed by atoms with Crippen molar-refractivity contribution in [3.63, 3.8) is 0 Å². The minimum Gasteiger partial charge on any atom is -0.488 e. The summed E-state index contributed by atoms with van der Waals surface area (Å²) in [5.74, 6) is -0.0236. The van der Waals surface area contributed by atoms with E-state index < -0.39 is 0 Å². The number of benzene rings is 3. The summed E-state index contributed by atoms with van der Waals surface area (Å²) in [5.41, 5.74) is 4.59. The molecule has 0 saturated carbocycles. The largest absolute Gasteiger partial charge is 0.488 e. The Morgan fingerprint density at radius 3 is 2.41 bits per heavy atom. The fourth-order valence-electron chi connectivity index (χ4n) is 2.71. The van der Waals surface area contributed by atoms with Crippen molar-refractivity contribution >= 4 is 46.9 Å². The Labute approximate surface area is 196 Å². The normalized spacial score (nSPS) is 10.7. The molecule has 0 bridgehead atoms. The molecule has 0 aliphatic rings. The third-order valence-corrected chi connectivity index (χ3v) is 4.93. The molecule has 0 heterocycles. The van der Waals surface area contributed by atoms with Crippen molar-refractivity contribution in [1.29, 1.82) is 0 Å². The van der Waals surface area contributed by atoms with Crippen LogP contribution in [-0.4, -0.2) is 18.0 Å². The van der Waals surface area contributed by atoms with E-state index in [1.165, 1.54) is 6.21 Å². The zero-order valence-electron chi connectivity index (χ0n) is 17.1. The van der Waals surface area contributed by atoms with Crippen molar-refractivity contribution in [2.75, 3.05) is 5.32 Å². The maximum absolute atomic E-state index is 12.0. The van der Waals surface area contributed by atoms with E-state index in [-0.39, 0.29) is 31.3 Å². The molecule has 32 heavy (non-hydrogen) atoms. The summed E-state index contributed by atoms with van der Waals surface area (Å²) in [6, 6.07) is 21.5. The van der Waals surface area contributed by atoms with Crippen molar-refractivity contribution in [2.45, 2.75) is 19.4 Å². The molecular formula is C24H21Cl2N3O3. The fourth-order valence-corrected chi connectivity index (χ4v) is 3.18. The van der Waals surface area contributed by atoms with Crippen LogP contribution in [0, 0.1) is 0 Å². The summed E-state index contributed by atoms with van der Waals surface area (Å²) < 4.78 is 5.85. The van der Waals surface area contributed by atoms with Crippen molar-refractivity contribution < 1.29 is 14.3 Å². The van der Waals surface area contributed by atoms with Crippen LogP contribution in [0.25, 0.3) is 0 Å². The topological polar surface area (TPSA) is 79.8 Å².